The Labute approximate surface area is 142 Å². The van der Waals surface area contributed by atoms with Crippen LogP contribution in [0.5, 0.6) is 0 Å². The average Bonchev–Trinajstić information content (AvgIpc) is 2.87. The van der Waals surface area contributed by atoms with Crippen molar-refractivity contribution < 1.29 is 19.1 Å². The molecule has 3 rings (SSSR count). The Morgan fingerprint density at radius 3 is 2.71 bits per heavy atom. The maximum absolute atomic E-state index is 12.0. The van der Waals surface area contributed by atoms with Crippen LogP contribution in [0.25, 0.3) is 6.08 Å². The fourth-order valence-electron chi connectivity index (χ4n) is 3.42. The van der Waals surface area contributed by atoms with E-state index in [0.29, 0.717) is 12.8 Å². The van der Waals surface area contributed by atoms with Crippen LogP contribution in [0, 0.1) is 0 Å². The minimum Gasteiger partial charge on any atom is -0.462 e. The average molecular weight is 329 g/mol. The maximum atomic E-state index is 12.0. The van der Waals surface area contributed by atoms with Gasteiger partial charge in [0, 0.05) is 37.4 Å². The largest absolute Gasteiger partial charge is 0.462 e. The first-order chi connectivity index (χ1) is 11.6. The zero-order chi connectivity index (χ0) is 16.9. The van der Waals surface area contributed by atoms with Crippen molar-refractivity contribution in [3.05, 3.63) is 42.0 Å². The van der Waals surface area contributed by atoms with Crippen molar-refractivity contribution in [1.29, 1.82) is 0 Å². The van der Waals surface area contributed by atoms with Crippen molar-refractivity contribution in [3.8, 4) is 0 Å². The fourth-order valence-corrected chi connectivity index (χ4v) is 3.42. The van der Waals surface area contributed by atoms with Gasteiger partial charge in [0.15, 0.2) is 0 Å². The van der Waals surface area contributed by atoms with Gasteiger partial charge in [-0.15, -0.1) is 0 Å². The molecule has 2 aliphatic rings. The van der Waals surface area contributed by atoms with Crippen LogP contribution in [0.2, 0.25) is 0 Å². The third kappa shape index (κ3) is 4.23. The number of benzene rings is 1. The number of ether oxygens (including phenoxy) is 2. The van der Waals surface area contributed by atoms with E-state index in [1.165, 1.54) is 6.08 Å². The van der Waals surface area contributed by atoms with Gasteiger partial charge in [0.2, 0.25) is 0 Å². The van der Waals surface area contributed by atoms with Crippen LogP contribution in [0.4, 0.5) is 0 Å². The van der Waals surface area contributed by atoms with Crippen LogP contribution in [0.15, 0.2) is 36.4 Å². The van der Waals surface area contributed by atoms with Crippen LogP contribution in [0.3, 0.4) is 0 Å². The van der Waals surface area contributed by atoms with Crippen molar-refractivity contribution in [1.82, 2.24) is 5.32 Å². The maximum Gasteiger partial charge on any atom is 0.331 e. The van der Waals surface area contributed by atoms with E-state index in [1.54, 1.807) is 13.0 Å². The Hall–Kier alpha value is -2.14. The molecular weight excluding hydrogens is 306 g/mol. The molecule has 0 saturated carbocycles. The molecule has 0 aromatic heterocycles. The van der Waals surface area contributed by atoms with Crippen LogP contribution in [0.1, 0.15) is 38.2 Å². The lowest BCUT2D eigenvalue weighted by atomic mass is 10.0. The zero-order valence-corrected chi connectivity index (χ0v) is 13.8. The van der Waals surface area contributed by atoms with E-state index < -0.39 is 0 Å². The summed E-state index contributed by atoms with van der Waals surface area (Å²) >= 11 is 0. The predicted molar refractivity (Wildman–Crippen MR) is 90.1 cm³/mol. The molecule has 4 atom stereocenters. The van der Waals surface area contributed by atoms with Crippen molar-refractivity contribution in [2.45, 2.75) is 56.9 Å². The molecule has 2 aliphatic heterocycles. The van der Waals surface area contributed by atoms with Crippen molar-refractivity contribution in [3.63, 3.8) is 0 Å². The summed E-state index contributed by atoms with van der Waals surface area (Å²) in [5.74, 6) is -0.499. The Morgan fingerprint density at radius 1 is 1.17 bits per heavy atom. The number of hydrogen-bond donors (Lipinski definition) is 1. The highest BCUT2D eigenvalue weighted by molar-refractivity contribution is 5.87. The third-order valence-corrected chi connectivity index (χ3v) is 4.55. The number of carbonyl (C=O) groups excluding carboxylic acids is 2. The van der Waals surface area contributed by atoms with Crippen LogP contribution >= 0.6 is 0 Å². The van der Waals surface area contributed by atoms with Crippen molar-refractivity contribution in [2.24, 2.45) is 0 Å². The summed E-state index contributed by atoms with van der Waals surface area (Å²) < 4.78 is 11.0. The number of carbonyl (C=O) groups is 2. The Kier molecular flexibility index (Phi) is 5.30. The van der Waals surface area contributed by atoms with Gasteiger partial charge in [-0.25, -0.2) is 4.79 Å². The predicted octanol–water partition coefficient (Wildman–Crippen LogP) is 2.46. The highest BCUT2D eigenvalue weighted by atomic mass is 16.6. The first-order valence-corrected chi connectivity index (χ1v) is 8.53. The van der Waals surface area contributed by atoms with Gasteiger partial charge in [0.1, 0.15) is 12.2 Å². The second-order valence-electron chi connectivity index (χ2n) is 6.36. The molecule has 0 radical (unpaired) electrons. The monoisotopic (exact) mass is 329 g/mol. The minimum atomic E-state index is -0.333. The number of fused-ring (bicyclic) bond motifs is 2. The van der Waals surface area contributed by atoms with Gasteiger partial charge in [-0.05, 0) is 18.1 Å². The molecule has 1 N–H and O–H groups in total. The number of esters is 2. The molecule has 1 aromatic carbocycles. The molecule has 2 fully saturated rings. The van der Waals surface area contributed by atoms with Gasteiger partial charge in [-0.2, -0.15) is 0 Å². The molecule has 0 aliphatic carbocycles. The second kappa shape index (κ2) is 7.62. The van der Waals surface area contributed by atoms with E-state index >= 15 is 0 Å². The summed E-state index contributed by atoms with van der Waals surface area (Å²) in [6.07, 6.45) is 5.64. The summed E-state index contributed by atoms with van der Waals surface area (Å²) in [6, 6.07) is 9.95. The van der Waals surface area contributed by atoms with E-state index in [-0.39, 0.29) is 36.2 Å². The lowest BCUT2D eigenvalue weighted by molar-refractivity contribution is -0.151. The van der Waals surface area contributed by atoms with Crippen molar-refractivity contribution in [2.75, 3.05) is 0 Å². The smallest absolute Gasteiger partial charge is 0.331 e. The van der Waals surface area contributed by atoms with Gasteiger partial charge in [0.25, 0.3) is 0 Å². The normalized spacial score (nSPS) is 28.7. The lowest BCUT2D eigenvalue weighted by Crippen LogP contribution is -2.44. The first kappa shape index (κ1) is 16.7. The second-order valence-corrected chi connectivity index (χ2v) is 6.36. The molecule has 5 nitrogen and oxygen atoms in total. The van der Waals surface area contributed by atoms with Crippen LogP contribution in [-0.2, 0) is 19.1 Å². The van der Waals surface area contributed by atoms with Crippen LogP contribution in [-0.4, -0.2) is 36.2 Å². The SMILES string of the molecule is CCC(=O)O[C@@H]1C[C@@H]2C[C@@H](OC(=O)C=Cc3ccccc3)[C@H](C1)N2. The number of nitrogens with one attached hydrogen (secondary N) is 1. The molecular formula is C19H23NO4. The molecule has 2 saturated heterocycles. The van der Waals surface area contributed by atoms with E-state index in [0.717, 1.165) is 18.4 Å². The van der Waals surface area contributed by atoms with Gasteiger partial charge in [-0.1, -0.05) is 37.3 Å². The van der Waals surface area contributed by atoms with Gasteiger partial charge < -0.3 is 14.8 Å². The van der Waals surface area contributed by atoms with Crippen LogP contribution < -0.4 is 5.32 Å². The van der Waals surface area contributed by atoms with E-state index in [9.17, 15) is 9.59 Å². The molecule has 1 aromatic rings. The molecule has 2 heterocycles. The summed E-state index contributed by atoms with van der Waals surface area (Å²) in [5, 5.41) is 3.45. The lowest BCUT2D eigenvalue weighted by Gasteiger charge is -2.29. The fraction of sp³-hybridized carbons (Fsp3) is 0.474. The minimum absolute atomic E-state index is 0.0625. The molecule has 0 amide bonds. The number of piperidine rings is 1. The molecule has 0 spiro atoms. The Morgan fingerprint density at radius 2 is 1.96 bits per heavy atom. The van der Waals surface area contributed by atoms with E-state index in [1.807, 2.05) is 30.3 Å². The highest BCUT2D eigenvalue weighted by Crippen LogP contribution is 2.31. The molecule has 128 valence electrons. The summed E-state index contributed by atoms with van der Waals surface area (Å²) in [7, 11) is 0. The summed E-state index contributed by atoms with van der Waals surface area (Å²) in [5.41, 5.74) is 0.962. The molecule has 24 heavy (non-hydrogen) atoms. The van der Waals surface area contributed by atoms with Crippen molar-refractivity contribution >= 4 is 18.0 Å². The van der Waals surface area contributed by atoms with Gasteiger partial charge in [-0.3, -0.25) is 4.79 Å². The number of rotatable bonds is 5. The van der Waals surface area contributed by atoms with Gasteiger partial charge in [0.05, 0.1) is 0 Å². The number of hydrogen-bond acceptors (Lipinski definition) is 5. The molecule has 2 bridgehead atoms. The quantitative estimate of drug-likeness (QED) is 0.664. The van der Waals surface area contributed by atoms with E-state index in [2.05, 4.69) is 5.32 Å². The zero-order valence-electron chi connectivity index (χ0n) is 13.8. The molecule has 0 unspecified atom stereocenters. The topological polar surface area (TPSA) is 64.6 Å². The Bertz CT molecular complexity index is 613. The highest BCUT2D eigenvalue weighted by Gasteiger charge is 2.43. The Balaban J connectivity index is 1.52. The summed E-state index contributed by atoms with van der Waals surface area (Å²) in [4.78, 5) is 23.5. The third-order valence-electron chi connectivity index (χ3n) is 4.55. The van der Waals surface area contributed by atoms with E-state index in [4.69, 9.17) is 9.47 Å². The molecule has 5 heteroatoms. The standard InChI is InChI=1S/C19H23NO4/c1-2-18(21)23-15-10-14-11-17(16(12-15)20-14)24-19(22)9-8-13-6-4-3-5-7-13/h3-9,14-17,20H,2,10-12H2,1H3/t14-,15-,16+,17-/m1/s1. The summed E-state index contributed by atoms with van der Waals surface area (Å²) in [6.45, 7) is 1.79. The first-order valence-electron chi connectivity index (χ1n) is 8.53. The van der Waals surface area contributed by atoms with Gasteiger partial charge >= 0.3 is 11.9 Å².